The number of amides is 1. The summed E-state index contributed by atoms with van der Waals surface area (Å²) in [6.45, 7) is 3.90. The van der Waals surface area contributed by atoms with E-state index in [1.165, 1.54) is 0 Å². The fraction of sp³-hybridized carbons (Fsp3) is 0.286. The third-order valence-corrected chi connectivity index (χ3v) is 5.18. The Balaban J connectivity index is 1.45. The second kappa shape index (κ2) is 7.32. The van der Waals surface area contributed by atoms with E-state index < -0.39 is 5.41 Å². The molecule has 3 aromatic rings. The minimum absolute atomic E-state index is 0.0763. The molecule has 4 rings (SSSR count). The van der Waals surface area contributed by atoms with Gasteiger partial charge in [-0.3, -0.25) is 9.89 Å². The number of carbonyl (C=O) groups is 1. The molecule has 0 saturated carbocycles. The van der Waals surface area contributed by atoms with Gasteiger partial charge in [-0.25, -0.2) is 4.98 Å². The lowest BCUT2D eigenvalue weighted by Crippen LogP contribution is -2.45. The average molecular weight is 361 g/mol. The van der Waals surface area contributed by atoms with Crippen molar-refractivity contribution in [3.63, 3.8) is 0 Å². The van der Waals surface area contributed by atoms with E-state index in [9.17, 15) is 4.79 Å². The summed E-state index contributed by atoms with van der Waals surface area (Å²) in [4.78, 5) is 17.4. The molecule has 1 aliphatic heterocycles. The second-order valence-electron chi connectivity index (χ2n) is 7.00. The van der Waals surface area contributed by atoms with Crippen LogP contribution in [0.15, 0.2) is 54.6 Å². The molecule has 1 aromatic heterocycles. The van der Waals surface area contributed by atoms with E-state index in [-0.39, 0.29) is 5.91 Å². The van der Waals surface area contributed by atoms with Crippen molar-refractivity contribution in [1.82, 2.24) is 25.8 Å². The lowest BCUT2D eigenvalue weighted by atomic mass is 9.78. The molecule has 1 fully saturated rings. The number of nitrogens with zero attached hydrogens (tertiary/aromatic N) is 2. The highest BCUT2D eigenvalue weighted by atomic mass is 16.2. The first-order valence-corrected chi connectivity index (χ1v) is 9.20. The van der Waals surface area contributed by atoms with Crippen molar-refractivity contribution in [2.75, 3.05) is 13.1 Å². The van der Waals surface area contributed by atoms with Gasteiger partial charge in [0.25, 0.3) is 0 Å². The number of nitrogens with one attached hydrogen (secondary N) is 3. The fourth-order valence-electron chi connectivity index (χ4n) is 3.62. The van der Waals surface area contributed by atoms with Gasteiger partial charge < -0.3 is 10.6 Å². The molecule has 0 bridgehead atoms. The first-order valence-electron chi connectivity index (χ1n) is 9.20. The SMILES string of the molecule is Cc1nc(-c2ccc(CNC(=O)C3(c4ccccc4)CCNC3)cc2)n[nH]1. The number of aromatic amines is 1. The van der Waals surface area contributed by atoms with Gasteiger partial charge in [-0.05, 0) is 31.0 Å². The molecule has 1 saturated heterocycles. The van der Waals surface area contributed by atoms with Crippen LogP contribution in [0.5, 0.6) is 0 Å². The van der Waals surface area contributed by atoms with Crippen molar-refractivity contribution < 1.29 is 4.79 Å². The van der Waals surface area contributed by atoms with Crippen molar-refractivity contribution in [2.45, 2.75) is 25.3 Å². The number of hydrogen-bond acceptors (Lipinski definition) is 4. The molecule has 1 amide bonds. The van der Waals surface area contributed by atoms with Gasteiger partial charge in [0.2, 0.25) is 5.91 Å². The first kappa shape index (κ1) is 17.4. The number of aryl methyl sites for hydroxylation is 1. The van der Waals surface area contributed by atoms with Crippen LogP contribution < -0.4 is 10.6 Å². The van der Waals surface area contributed by atoms with Crippen molar-refractivity contribution in [3.05, 3.63) is 71.5 Å². The number of hydrogen-bond donors (Lipinski definition) is 3. The number of benzene rings is 2. The van der Waals surface area contributed by atoms with E-state index in [1.54, 1.807) is 0 Å². The third kappa shape index (κ3) is 3.48. The van der Waals surface area contributed by atoms with Gasteiger partial charge >= 0.3 is 0 Å². The van der Waals surface area contributed by atoms with Crippen LogP contribution in [0.2, 0.25) is 0 Å². The predicted molar refractivity (Wildman–Crippen MR) is 104 cm³/mol. The van der Waals surface area contributed by atoms with Gasteiger partial charge in [0.05, 0.1) is 5.41 Å². The maximum absolute atomic E-state index is 13.1. The standard InChI is InChI=1S/C21H23N5O/c1-15-24-19(26-25-15)17-9-7-16(8-10-17)13-23-20(27)21(11-12-22-14-21)18-5-3-2-4-6-18/h2-10,22H,11-14H2,1H3,(H,23,27)(H,24,25,26). The summed E-state index contributed by atoms with van der Waals surface area (Å²) in [6.07, 6.45) is 0.811. The van der Waals surface area contributed by atoms with Crippen molar-refractivity contribution in [3.8, 4) is 11.4 Å². The van der Waals surface area contributed by atoms with E-state index in [4.69, 9.17) is 0 Å². The topological polar surface area (TPSA) is 82.7 Å². The van der Waals surface area contributed by atoms with E-state index in [2.05, 4.69) is 25.8 Å². The fourth-order valence-corrected chi connectivity index (χ4v) is 3.62. The smallest absolute Gasteiger partial charge is 0.232 e. The summed E-state index contributed by atoms with van der Waals surface area (Å²) in [5.74, 6) is 1.55. The zero-order valence-electron chi connectivity index (χ0n) is 15.3. The normalized spacial score (nSPS) is 19.1. The van der Waals surface area contributed by atoms with Crippen LogP contribution in [-0.4, -0.2) is 34.2 Å². The Hall–Kier alpha value is -2.99. The molecule has 138 valence electrons. The number of rotatable bonds is 5. The zero-order chi connectivity index (χ0) is 18.7. The van der Waals surface area contributed by atoms with Gasteiger partial charge in [0, 0.05) is 18.7 Å². The lowest BCUT2D eigenvalue weighted by molar-refractivity contribution is -0.126. The molecular formula is C21H23N5O. The van der Waals surface area contributed by atoms with Crippen LogP contribution in [0.4, 0.5) is 0 Å². The summed E-state index contributed by atoms with van der Waals surface area (Å²) in [7, 11) is 0. The van der Waals surface area contributed by atoms with Crippen molar-refractivity contribution >= 4 is 5.91 Å². The van der Waals surface area contributed by atoms with Crippen LogP contribution in [0.3, 0.4) is 0 Å². The van der Waals surface area contributed by atoms with Crippen LogP contribution in [0.25, 0.3) is 11.4 Å². The summed E-state index contributed by atoms with van der Waals surface area (Å²) in [6, 6.07) is 18.0. The molecule has 1 unspecified atom stereocenters. The van der Waals surface area contributed by atoms with Gasteiger partial charge in [-0.1, -0.05) is 54.6 Å². The molecule has 2 aromatic carbocycles. The molecule has 3 N–H and O–H groups in total. The zero-order valence-corrected chi connectivity index (χ0v) is 15.3. The molecular weight excluding hydrogens is 338 g/mol. The summed E-state index contributed by atoms with van der Waals surface area (Å²) in [5.41, 5.74) is 2.59. The quantitative estimate of drug-likeness (QED) is 0.651. The van der Waals surface area contributed by atoms with Crippen LogP contribution in [0.1, 0.15) is 23.4 Å². The van der Waals surface area contributed by atoms with Gasteiger partial charge in [-0.15, -0.1) is 0 Å². The molecule has 1 aliphatic rings. The molecule has 0 aliphatic carbocycles. The Morgan fingerprint density at radius 3 is 2.56 bits per heavy atom. The van der Waals surface area contributed by atoms with E-state index >= 15 is 0 Å². The number of aromatic nitrogens is 3. The number of carbonyl (C=O) groups excluding carboxylic acids is 1. The largest absolute Gasteiger partial charge is 0.351 e. The predicted octanol–water partition coefficient (Wildman–Crippen LogP) is 2.33. The Morgan fingerprint density at radius 1 is 1.15 bits per heavy atom. The van der Waals surface area contributed by atoms with Gasteiger partial charge in [0.15, 0.2) is 5.82 Å². The summed E-state index contributed by atoms with van der Waals surface area (Å²) < 4.78 is 0. The molecule has 2 heterocycles. The van der Waals surface area contributed by atoms with E-state index in [0.717, 1.165) is 35.5 Å². The minimum Gasteiger partial charge on any atom is -0.351 e. The Kier molecular flexibility index (Phi) is 4.73. The first-order chi connectivity index (χ1) is 13.2. The Labute approximate surface area is 158 Å². The van der Waals surface area contributed by atoms with E-state index in [0.29, 0.717) is 18.9 Å². The van der Waals surface area contributed by atoms with Gasteiger partial charge in [-0.2, -0.15) is 5.10 Å². The minimum atomic E-state index is -0.488. The summed E-state index contributed by atoms with van der Waals surface area (Å²) in [5, 5.41) is 13.5. The second-order valence-corrected chi connectivity index (χ2v) is 7.00. The third-order valence-electron chi connectivity index (χ3n) is 5.18. The Morgan fingerprint density at radius 2 is 1.93 bits per heavy atom. The highest BCUT2D eigenvalue weighted by molar-refractivity contribution is 5.89. The lowest BCUT2D eigenvalue weighted by Gasteiger charge is -2.27. The van der Waals surface area contributed by atoms with Crippen molar-refractivity contribution in [2.24, 2.45) is 0 Å². The van der Waals surface area contributed by atoms with Crippen LogP contribution >= 0.6 is 0 Å². The molecule has 27 heavy (non-hydrogen) atoms. The highest BCUT2D eigenvalue weighted by Crippen LogP contribution is 2.31. The molecule has 6 heteroatoms. The summed E-state index contributed by atoms with van der Waals surface area (Å²) >= 11 is 0. The van der Waals surface area contributed by atoms with Crippen LogP contribution in [0, 0.1) is 6.92 Å². The monoisotopic (exact) mass is 361 g/mol. The van der Waals surface area contributed by atoms with E-state index in [1.807, 2.05) is 61.5 Å². The molecule has 1 atom stereocenters. The molecule has 6 nitrogen and oxygen atoms in total. The highest BCUT2D eigenvalue weighted by Gasteiger charge is 2.42. The van der Waals surface area contributed by atoms with Crippen LogP contribution in [-0.2, 0) is 16.8 Å². The Bertz CT molecular complexity index is 911. The molecule has 0 spiro atoms. The maximum Gasteiger partial charge on any atom is 0.232 e. The average Bonchev–Trinajstić information content (AvgIpc) is 3.37. The maximum atomic E-state index is 13.1. The van der Waals surface area contributed by atoms with Crippen molar-refractivity contribution in [1.29, 1.82) is 0 Å². The van der Waals surface area contributed by atoms with Gasteiger partial charge in [0.1, 0.15) is 5.82 Å². The molecule has 0 radical (unpaired) electrons. The number of H-pyrrole nitrogens is 1.